The summed E-state index contributed by atoms with van der Waals surface area (Å²) >= 11 is 0.994. The van der Waals surface area contributed by atoms with Crippen LogP contribution in [0.5, 0.6) is 0 Å². The summed E-state index contributed by atoms with van der Waals surface area (Å²) in [6, 6.07) is -6.54. The van der Waals surface area contributed by atoms with Crippen molar-refractivity contribution in [3.8, 4) is 0 Å². The number of aliphatic carboxylic acids is 1. The highest BCUT2D eigenvalue weighted by molar-refractivity contribution is 8.00. The fourth-order valence-corrected chi connectivity index (χ4v) is 9.23. The topological polar surface area (TPSA) is 363 Å². The molecule has 0 aromatic rings. The minimum absolute atomic E-state index is 0.0219. The first-order valence-electron chi connectivity index (χ1n) is 24.6. The van der Waals surface area contributed by atoms with Crippen molar-refractivity contribution in [2.75, 3.05) is 45.1 Å². The van der Waals surface area contributed by atoms with E-state index in [1.807, 2.05) is 27.7 Å². The highest BCUT2D eigenvalue weighted by Crippen LogP contribution is 2.27. The van der Waals surface area contributed by atoms with Gasteiger partial charge in [0.1, 0.15) is 42.4 Å². The van der Waals surface area contributed by atoms with Gasteiger partial charge in [-0.05, 0) is 51.5 Å². The van der Waals surface area contributed by atoms with Gasteiger partial charge in [-0.15, -0.1) is 11.8 Å². The third-order valence-corrected chi connectivity index (χ3v) is 13.4. The molecule has 0 spiro atoms. The van der Waals surface area contributed by atoms with Crippen LogP contribution in [0.1, 0.15) is 119 Å². The quantitative estimate of drug-likeness (QED) is 0.0236. The molecule has 2 fully saturated rings. The van der Waals surface area contributed by atoms with Crippen molar-refractivity contribution in [2.45, 2.75) is 178 Å². The van der Waals surface area contributed by atoms with E-state index in [1.54, 1.807) is 4.90 Å². The van der Waals surface area contributed by atoms with Crippen LogP contribution in [0.4, 0.5) is 0 Å². The molecule has 2 rings (SSSR count). The molecule has 24 nitrogen and oxygen atoms in total. The van der Waals surface area contributed by atoms with Crippen LogP contribution >= 0.6 is 11.8 Å². The van der Waals surface area contributed by atoms with Crippen molar-refractivity contribution in [1.29, 1.82) is 0 Å². The maximum atomic E-state index is 13.6. The van der Waals surface area contributed by atoms with Crippen molar-refractivity contribution in [3.05, 3.63) is 0 Å². The Morgan fingerprint density at radius 1 is 0.676 bits per heavy atom. The number of likely N-dealkylation sites (tertiary alicyclic amines) is 2. The molecule has 0 aromatic heterocycles. The van der Waals surface area contributed by atoms with E-state index < -0.39 is 139 Å². The van der Waals surface area contributed by atoms with Crippen molar-refractivity contribution in [1.82, 2.24) is 47.0 Å². The largest absolute Gasteiger partial charge is 0.480 e. The lowest BCUT2D eigenvalue weighted by Crippen LogP contribution is -2.62. The van der Waals surface area contributed by atoms with Crippen LogP contribution in [0, 0.1) is 5.92 Å². The second-order valence-corrected chi connectivity index (χ2v) is 19.8. The van der Waals surface area contributed by atoms with Gasteiger partial charge in [0.05, 0.1) is 37.1 Å². The number of nitrogens with zero attached hydrogens (tertiary/aromatic N) is 2. The third-order valence-electron chi connectivity index (χ3n) is 12.1. The first-order valence-corrected chi connectivity index (χ1v) is 25.7. The van der Waals surface area contributed by atoms with Gasteiger partial charge in [0.2, 0.25) is 53.2 Å². The van der Waals surface area contributed by atoms with E-state index in [-0.39, 0.29) is 50.4 Å². The summed E-state index contributed by atoms with van der Waals surface area (Å²) in [7, 11) is 0. The van der Waals surface area contributed by atoms with Gasteiger partial charge < -0.3 is 62.8 Å². The molecule has 0 radical (unpaired) electrons. The van der Waals surface area contributed by atoms with E-state index in [1.165, 1.54) is 13.8 Å². The molecule has 0 bridgehead atoms. The zero-order valence-corrected chi connectivity index (χ0v) is 42.7. The summed E-state index contributed by atoms with van der Waals surface area (Å²) in [5.41, 5.74) is 0. The number of unbranched alkanes of at least 4 members (excludes halogenated alkanes) is 5. The Bertz CT molecular complexity index is 1810. The van der Waals surface area contributed by atoms with Gasteiger partial charge in [-0.3, -0.25) is 53.0 Å². The number of aliphatic hydroxyl groups excluding tert-OH is 4. The third kappa shape index (κ3) is 21.7. The smallest absolute Gasteiger partial charge is 0.326 e. The molecule has 2 saturated heterocycles. The molecule has 0 aromatic carbocycles. The number of carboxylic acid groups (broad SMARTS) is 1. The van der Waals surface area contributed by atoms with E-state index in [9.17, 15) is 73.5 Å². The number of carbonyl (C=O) groups is 10. The van der Waals surface area contributed by atoms with Crippen LogP contribution in [0.2, 0.25) is 0 Å². The number of imide groups is 1. The van der Waals surface area contributed by atoms with Gasteiger partial charge in [-0.1, -0.05) is 66.2 Å². The molecule has 25 heteroatoms. The van der Waals surface area contributed by atoms with Crippen molar-refractivity contribution >= 4 is 70.9 Å². The molecule has 71 heavy (non-hydrogen) atoms. The Morgan fingerprint density at radius 2 is 1.24 bits per heavy atom. The van der Waals surface area contributed by atoms with Gasteiger partial charge in [0.25, 0.3) is 0 Å². The van der Waals surface area contributed by atoms with Crippen LogP contribution in [0.25, 0.3) is 0 Å². The van der Waals surface area contributed by atoms with E-state index >= 15 is 0 Å². The number of carboxylic acids is 1. The maximum absolute atomic E-state index is 13.6. The van der Waals surface area contributed by atoms with E-state index in [2.05, 4.69) is 37.2 Å². The van der Waals surface area contributed by atoms with Crippen LogP contribution < -0.4 is 37.2 Å². The predicted octanol–water partition coefficient (Wildman–Crippen LogP) is -2.63. The zero-order chi connectivity index (χ0) is 53.4. The summed E-state index contributed by atoms with van der Waals surface area (Å²) in [5, 5.41) is 66.2. The minimum Gasteiger partial charge on any atom is -0.480 e. The van der Waals surface area contributed by atoms with E-state index in [0.717, 1.165) is 35.9 Å². The Hall–Kier alpha value is -4.95. The summed E-state index contributed by atoms with van der Waals surface area (Å²) in [6.45, 7) is 8.86. The first-order chi connectivity index (χ1) is 33.5. The second kappa shape index (κ2) is 32.2. The Kier molecular flexibility index (Phi) is 28.2. The minimum atomic E-state index is -1.40. The van der Waals surface area contributed by atoms with Gasteiger partial charge in [0.15, 0.2) is 0 Å². The molecule has 0 saturated carbocycles. The zero-order valence-electron chi connectivity index (χ0n) is 41.9. The standard InChI is InChI=1S/C46H79N9O15S/c1-7-9-11-15-29(42(65)48-21-36(59)47-22-37(60)49-27(5)41(64)51-30(16-12-10-8-2)43(66)53-31(46(69)70)19-26(3)4)52-44(67)32(50-28(6)57)25-71-35-20-38(61)55(45(35)68)18-14-13-17-54-23-34(58)40(63)39(62)33(54)24-56/h26-27,29-35,39-40,56,58,62-63H,7-25H2,1-6H3,(H,47,59)(H,48,65)(H,49,60)(H,50,57)(H,51,64)(H,52,67)(H,53,66)(H,69,70)/t27?,29?,30?,31?,32?,33-,34-,35?,39-,40-/m1/s1. The number of aliphatic hydroxyl groups is 4. The Morgan fingerprint density at radius 3 is 1.82 bits per heavy atom. The SMILES string of the molecule is CCCCCC(NC(=O)C(C)NC(=O)CNC(=O)CNC(=O)C(CCCCC)NC(=O)C(CSC1CC(=O)N(CCCCN2C[C@@H](O)[C@@H](O)[C@H](O)[C@H]2CO)C1=O)NC(C)=O)C(=O)NC(CC(C)C)C(=O)O. The number of hydrogen-bond acceptors (Lipinski definition) is 16. The van der Waals surface area contributed by atoms with Crippen LogP contribution in [0.3, 0.4) is 0 Å². The molecule has 6 unspecified atom stereocenters. The average Bonchev–Trinajstić information content (AvgIpc) is 3.58. The lowest BCUT2D eigenvalue weighted by Gasteiger charge is -2.43. The van der Waals surface area contributed by atoms with Gasteiger partial charge in [-0.25, -0.2) is 4.79 Å². The van der Waals surface area contributed by atoms with Crippen LogP contribution in [-0.2, 0) is 47.9 Å². The van der Waals surface area contributed by atoms with Crippen molar-refractivity contribution < 1.29 is 73.5 Å². The highest BCUT2D eigenvalue weighted by atomic mass is 32.2. The van der Waals surface area contributed by atoms with Crippen molar-refractivity contribution in [3.63, 3.8) is 0 Å². The average molecular weight is 1030 g/mol. The van der Waals surface area contributed by atoms with E-state index in [0.29, 0.717) is 38.6 Å². The lowest BCUT2D eigenvalue weighted by molar-refractivity contribution is -0.145. The molecule has 2 aliphatic rings. The predicted molar refractivity (Wildman–Crippen MR) is 260 cm³/mol. The second-order valence-electron chi connectivity index (χ2n) is 18.6. The Labute approximate surface area is 419 Å². The number of piperidine rings is 1. The van der Waals surface area contributed by atoms with Crippen LogP contribution in [-0.4, -0.2) is 199 Å². The first kappa shape index (κ1) is 62.2. The van der Waals surface area contributed by atoms with Crippen molar-refractivity contribution in [2.24, 2.45) is 5.92 Å². The number of hydrogen-bond donors (Lipinski definition) is 12. The molecular formula is C46H79N9O15S. The number of β-amino-alcohol motifs (C(OH)–C–C–N with tert-alkyl or cyclic N) is 1. The fourth-order valence-electron chi connectivity index (χ4n) is 8.04. The molecule has 404 valence electrons. The van der Waals surface area contributed by atoms with E-state index in [4.69, 9.17) is 0 Å². The molecule has 2 heterocycles. The fraction of sp³-hybridized carbons (Fsp3) is 0.783. The monoisotopic (exact) mass is 1030 g/mol. The van der Waals surface area contributed by atoms with Gasteiger partial charge in [-0.2, -0.15) is 0 Å². The number of amides is 9. The lowest BCUT2D eigenvalue weighted by atomic mass is 9.94. The summed E-state index contributed by atoms with van der Waals surface area (Å²) < 4.78 is 0. The molecule has 2 aliphatic heterocycles. The number of thioether (sulfide) groups is 1. The molecule has 12 N–H and O–H groups in total. The Balaban J connectivity index is 1.94. The van der Waals surface area contributed by atoms with Crippen LogP contribution in [0.15, 0.2) is 0 Å². The van der Waals surface area contributed by atoms with Gasteiger partial charge in [0, 0.05) is 32.2 Å². The molecule has 0 aliphatic carbocycles. The number of nitrogens with one attached hydrogen (secondary N) is 7. The normalized spacial score (nSPS) is 21.3. The van der Waals surface area contributed by atoms with Gasteiger partial charge >= 0.3 is 5.97 Å². The number of rotatable bonds is 33. The molecular weight excluding hydrogens is 951 g/mol. The molecule has 9 amide bonds. The maximum Gasteiger partial charge on any atom is 0.326 e. The highest BCUT2D eigenvalue weighted by Gasteiger charge is 2.42. The number of carbonyl (C=O) groups excluding carboxylic acids is 9. The summed E-state index contributed by atoms with van der Waals surface area (Å²) in [4.78, 5) is 131. The molecule has 10 atom stereocenters. The summed E-state index contributed by atoms with van der Waals surface area (Å²) in [5.74, 6) is -7.24. The summed E-state index contributed by atoms with van der Waals surface area (Å²) in [6.07, 6.45) is 1.46.